The van der Waals surface area contributed by atoms with Gasteiger partial charge in [-0.2, -0.15) is 0 Å². The van der Waals surface area contributed by atoms with Crippen LogP contribution in [0.15, 0.2) is 0 Å². The third kappa shape index (κ3) is 5.49. The highest BCUT2D eigenvalue weighted by atomic mass is 16.8. The van der Waals surface area contributed by atoms with E-state index >= 15 is 0 Å². The molecule has 0 spiro atoms. The van der Waals surface area contributed by atoms with Gasteiger partial charge in [0.15, 0.2) is 12.6 Å². The minimum absolute atomic E-state index is 0.148. The van der Waals surface area contributed by atoms with E-state index in [1.807, 2.05) is 13.8 Å². The van der Waals surface area contributed by atoms with Gasteiger partial charge in [0, 0.05) is 13.2 Å². The van der Waals surface area contributed by atoms with Crippen LogP contribution in [0, 0.1) is 0 Å². The maximum absolute atomic E-state index is 8.77. The van der Waals surface area contributed by atoms with E-state index in [1.165, 1.54) is 0 Å². The lowest BCUT2D eigenvalue weighted by atomic mass is 10.6. The highest BCUT2D eigenvalue weighted by Crippen LogP contribution is 2.00. The smallest absolute Gasteiger partial charge is 0.183 e. The first-order valence-corrected chi connectivity index (χ1v) is 4.24. The average molecular weight is 178 g/mol. The van der Waals surface area contributed by atoms with Crippen LogP contribution in [-0.2, 0) is 14.2 Å². The van der Waals surface area contributed by atoms with E-state index < -0.39 is 6.29 Å². The van der Waals surface area contributed by atoms with E-state index in [0.29, 0.717) is 13.2 Å². The Bertz CT molecular complexity index is 97.1. The molecular weight excluding hydrogens is 160 g/mol. The van der Waals surface area contributed by atoms with E-state index in [-0.39, 0.29) is 12.9 Å². The molecule has 0 saturated carbocycles. The minimum Gasteiger partial charge on any atom is -0.391 e. The summed E-state index contributed by atoms with van der Waals surface area (Å²) in [6.07, 6.45) is -0.907. The molecule has 2 atom stereocenters. The van der Waals surface area contributed by atoms with Crippen molar-refractivity contribution in [1.82, 2.24) is 0 Å². The Morgan fingerprint density at radius 2 is 1.75 bits per heavy atom. The quantitative estimate of drug-likeness (QED) is 0.584. The van der Waals surface area contributed by atoms with Gasteiger partial charge in [-0.1, -0.05) is 0 Å². The second kappa shape index (κ2) is 7.49. The summed E-state index contributed by atoms with van der Waals surface area (Å²) in [4.78, 5) is 0. The molecular formula is C8H18O4. The molecule has 0 rings (SSSR count). The Morgan fingerprint density at radius 3 is 2.17 bits per heavy atom. The second-order valence-corrected chi connectivity index (χ2v) is 2.23. The van der Waals surface area contributed by atoms with E-state index in [1.54, 1.807) is 6.92 Å². The maximum Gasteiger partial charge on any atom is 0.183 e. The Balaban J connectivity index is 3.53. The highest BCUT2D eigenvalue weighted by Gasteiger charge is 2.11. The number of hydrogen-bond donors (Lipinski definition) is 1. The van der Waals surface area contributed by atoms with Gasteiger partial charge in [-0.3, -0.25) is 0 Å². The van der Waals surface area contributed by atoms with Gasteiger partial charge >= 0.3 is 0 Å². The fourth-order valence-electron chi connectivity index (χ4n) is 0.809. The molecule has 0 amide bonds. The molecule has 0 aromatic carbocycles. The van der Waals surface area contributed by atoms with Crippen molar-refractivity contribution in [3.05, 3.63) is 0 Å². The fourth-order valence-corrected chi connectivity index (χ4v) is 0.809. The largest absolute Gasteiger partial charge is 0.391 e. The number of hydrogen-bond acceptors (Lipinski definition) is 4. The van der Waals surface area contributed by atoms with Crippen molar-refractivity contribution in [3.63, 3.8) is 0 Å². The summed E-state index contributed by atoms with van der Waals surface area (Å²) in [6, 6.07) is 0. The topological polar surface area (TPSA) is 47.9 Å². The van der Waals surface area contributed by atoms with Crippen LogP contribution in [0.1, 0.15) is 20.8 Å². The first-order chi connectivity index (χ1) is 5.74. The van der Waals surface area contributed by atoms with Crippen molar-refractivity contribution in [2.45, 2.75) is 33.4 Å². The molecule has 12 heavy (non-hydrogen) atoms. The Morgan fingerprint density at radius 1 is 1.17 bits per heavy atom. The SMILES string of the molecule is CCOC(C)OC(CO)OCC. The summed E-state index contributed by atoms with van der Waals surface area (Å²) >= 11 is 0. The number of rotatable bonds is 7. The van der Waals surface area contributed by atoms with Crippen molar-refractivity contribution in [3.8, 4) is 0 Å². The summed E-state index contributed by atoms with van der Waals surface area (Å²) in [5.41, 5.74) is 0. The summed E-state index contributed by atoms with van der Waals surface area (Å²) in [6.45, 7) is 6.46. The molecule has 0 fully saturated rings. The maximum atomic E-state index is 8.77. The van der Waals surface area contributed by atoms with Crippen LogP contribution in [0.25, 0.3) is 0 Å². The van der Waals surface area contributed by atoms with Gasteiger partial charge in [-0.15, -0.1) is 0 Å². The molecule has 0 radical (unpaired) electrons. The molecule has 0 bridgehead atoms. The predicted molar refractivity (Wildman–Crippen MR) is 44.7 cm³/mol. The molecule has 0 heterocycles. The number of aliphatic hydroxyl groups excluding tert-OH is 1. The summed E-state index contributed by atoms with van der Waals surface area (Å²) in [5.74, 6) is 0. The zero-order valence-corrected chi connectivity index (χ0v) is 7.95. The van der Waals surface area contributed by atoms with E-state index in [4.69, 9.17) is 19.3 Å². The molecule has 0 aromatic rings. The molecule has 0 aliphatic rings. The zero-order chi connectivity index (χ0) is 9.40. The lowest BCUT2D eigenvalue weighted by Crippen LogP contribution is -2.27. The average Bonchev–Trinajstić information content (AvgIpc) is 2.04. The first-order valence-electron chi connectivity index (χ1n) is 4.24. The van der Waals surface area contributed by atoms with E-state index in [2.05, 4.69) is 0 Å². The van der Waals surface area contributed by atoms with Crippen LogP contribution < -0.4 is 0 Å². The van der Waals surface area contributed by atoms with Gasteiger partial charge in [0.1, 0.15) is 0 Å². The number of aliphatic hydroxyl groups is 1. The van der Waals surface area contributed by atoms with Gasteiger partial charge in [0.2, 0.25) is 0 Å². The van der Waals surface area contributed by atoms with Gasteiger partial charge in [-0.25, -0.2) is 0 Å². The van der Waals surface area contributed by atoms with Crippen LogP contribution in [0.5, 0.6) is 0 Å². The Labute approximate surface area is 73.4 Å². The van der Waals surface area contributed by atoms with Gasteiger partial charge < -0.3 is 19.3 Å². The van der Waals surface area contributed by atoms with Crippen molar-refractivity contribution in [1.29, 1.82) is 0 Å². The molecule has 2 unspecified atom stereocenters. The lowest BCUT2D eigenvalue weighted by molar-refractivity contribution is -0.246. The highest BCUT2D eigenvalue weighted by molar-refractivity contribution is 4.40. The standard InChI is InChI=1S/C8H18O4/c1-4-10-7(3)12-8(6-9)11-5-2/h7-9H,4-6H2,1-3H3. The summed E-state index contributed by atoms with van der Waals surface area (Å²) < 4.78 is 15.3. The Kier molecular flexibility index (Phi) is 7.39. The zero-order valence-electron chi connectivity index (χ0n) is 7.95. The van der Waals surface area contributed by atoms with Crippen molar-refractivity contribution >= 4 is 0 Å². The van der Waals surface area contributed by atoms with E-state index in [0.717, 1.165) is 0 Å². The first kappa shape index (κ1) is 11.8. The van der Waals surface area contributed by atoms with Gasteiger partial charge in [0.25, 0.3) is 0 Å². The lowest BCUT2D eigenvalue weighted by Gasteiger charge is -2.19. The number of ether oxygens (including phenoxy) is 3. The monoisotopic (exact) mass is 178 g/mol. The van der Waals surface area contributed by atoms with Crippen molar-refractivity contribution in [2.75, 3.05) is 19.8 Å². The molecule has 1 N–H and O–H groups in total. The molecule has 0 aliphatic carbocycles. The summed E-state index contributed by atoms with van der Waals surface area (Å²) in [7, 11) is 0. The van der Waals surface area contributed by atoms with Crippen LogP contribution >= 0.6 is 0 Å². The van der Waals surface area contributed by atoms with Gasteiger partial charge in [-0.05, 0) is 20.8 Å². The van der Waals surface area contributed by atoms with Crippen LogP contribution in [0.3, 0.4) is 0 Å². The van der Waals surface area contributed by atoms with Crippen LogP contribution in [0.4, 0.5) is 0 Å². The molecule has 0 saturated heterocycles. The molecule has 4 nitrogen and oxygen atoms in total. The molecule has 4 heteroatoms. The third-order valence-electron chi connectivity index (χ3n) is 1.25. The van der Waals surface area contributed by atoms with Crippen LogP contribution in [0.2, 0.25) is 0 Å². The second-order valence-electron chi connectivity index (χ2n) is 2.23. The van der Waals surface area contributed by atoms with Gasteiger partial charge in [0.05, 0.1) is 6.61 Å². The molecule has 74 valence electrons. The minimum atomic E-state index is -0.573. The van der Waals surface area contributed by atoms with Crippen molar-refractivity contribution < 1.29 is 19.3 Å². The third-order valence-corrected chi connectivity index (χ3v) is 1.25. The van der Waals surface area contributed by atoms with Crippen molar-refractivity contribution in [2.24, 2.45) is 0 Å². The fraction of sp³-hybridized carbons (Fsp3) is 1.00. The van der Waals surface area contributed by atoms with E-state index in [9.17, 15) is 0 Å². The Hall–Kier alpha value is -0.160. The predicted octanol–water partition coefficient (Wildman–Crippen LogP) is 0.740. The van der Waals surface area contributed by atoms with Crippen LogP contribution in [-0.4, -0.2) is 37.5 Å². The normalized spacial score (nSPS) is 16.0. The summed E-state index contributed by atoms with van der Waals surface area (Å²) in [5, 5.41) is 8.77. The molecule has 0 aromatic heterocycles. The molecule has 0 aliphatic heterocycles.